The molecule has 2 rings (SSSR count). The van der Waals surface area contributed by atoms with Crippen molar-refractivity contribution in [2.24, 2.45) is 0 Å². The summed E-state index contributed by atoms with van der Waals surface area (Å²) in [6.07, 6.45) is 0. The van der Waals surface area contributed by atoms with Gasteiger partial charge in [-0.05, 0) is 23.9 Å². The molecule has 112 valence electrons. The van der Waals surface area contributed by atoms with Gasteiger partial charge in [-0.1, -0.05) is 30.3 Å². The van der Waals surface area contributed by atoms with Crippen LogP contribution in [0.25, 0.3) is 0 Å². The molecule has 1 aromatic carbocycles. The summed E-state index contributed by atoms with van der Waals surface area (Å²) in [4.78, 5) is 11.6. The summed E-state index contributed by atoms with van der Waals surface area (Å²) in [7, 11) is -2.57. The Morgan fingerprint density at radius 2 is 1.90 bits per heavy atom. The van der Waals surface area contributed by atoms with Gasteiger partial charge in [-0.25, -0.2) is 17.9 Å². The van der Waals surface area contributed by atoms with E-state index in [1.165, 1.54) is 13.2 Å². The summed E-state index contributed by atoms with van der Waals surface area (Å²) in [6, 6.07) is 10.2. The average molecular weight is 325 g/mol. The highest BCUT2D eigenvalue weighted by molar-refractivity contribution is 7.89. The zero-order valence-corrected chi connectivity index (χ0v) is 13.2. The Hall–Kier alpha value is -1.70. The van der Waals surface area contributed by atoms with Crippen LogP contribution in [0.1, 0.15) is 28.2 Å². The van der Waals surface area contributed by atoms with Crippen molar-refractivity contribution < 1.29 is 17.9 Å². The van der Waals surface area contributed by atoms with Crippen molar-refractivity contribution in [2.75, 3.05) is 7.11 Å². The maximum absolute atomic E-state index is 12.4. The molecule has 1 heterocycles. The Morgan fingerprint density at radius 3 is 2.52 bits per heavy atom. The van der Waals surface area contributed by atoms with E-state index in [4.69, 9.17) is 0 Å². The molecule has 5 nitrogen and oxygen atoms in total. The first-order valence-electron chi connectivity index (χ1n) is 6.19. The van der Waals surface area contributed by atoms with E-state index in [0.717, 1.165) is 16.9 Å². The van der Waals surface area contributed by atoms with Gasteiger partial charge in [0.25, 0.3) is 0 Å². The monoisotopic (exact) mass is 325 g/mol. The number of rotatable bonds is 5. The van der Waals surface area contributed by atoms with Gasteiger partial charge in [0.2, 0.25) is 10.0 Å². The van der Waals surface area contributed by atoms with Crippen molar-refractivity contribution >= 4 is 27.3 Å². The van der Waals surface area contributed by atoms with E-state index in [1.807, 2.05) is 30.3 Å². The minimum Gasteiger partial charge on any atom is -0.465 e. The molecule has 0 aliphatic carbocycles. The highest BCUT2D eigenvalue weighted by Gasteiger charge is 2.26. The van der Waals surface area contributed by atoms with E-state index in [0.29, 0.717) is 0 Å². The lowest BCUT2D eigenvalue weighted by molar-refractivity contribution is 0.0602. The minimum absolute atomic E-state index is 0.0536. The molecule has 0 saturated heterocycles. The lowest BCUT2D eigenvalue weighted by Crippen LogP contribution is -2.27. The number of sulfonamides is 1. The molecule has 1 N–H and O–H groups in total. The molecule has 0 radical (unpaired) electrons. The number of thiophene rings is 1. The van der Waals surface area contributed by atoms with Crippen LogP contribution in [0.2, 0.25) is 0 Å². The number of carbonyl (C=O) groups is 1. The Bertz CT molecular complexity index is 722. The molecule has 2 aromatic rings. The largest absolute Gasteiger partial charge is 0.465 e. The second-order valence-electron chi connectivity index (χ2n) is 4.36. The first-order valence-corrected chi connectivity index (χ1v) is 8.55. The Morgan fingerprint density at radius 1 is 1.24 bits per heavy atom. The van der Waals surface area contributed by atoms with Gasteiger partial charge >= 0.3 is 5.97 Å². The molecule has 0 fully saturated rings. The zero-order valence-electron chi connectivity index (χ0n) is 11.6. The molecule has 7 heteroatoms. The van der Waals surface area contributed by atoms with Crippen LogP contribution in [0.4, 0.5) is 0 Å². The van der Waals surface area contributed by atoms with E-state index >= 15 is 0 Å². The minimum atomic E-state index is -3.79. The Labute approximate surface area is 127 Å². The SMILES string of the molecule is COC(=O)c1sccc1S(=O)(=O)NC(C)c1ccccc1. The first kappa shape index (κ1) is 15.7. The van der Waals surface area contributed by atoms with Crippen molar-refractivity contribution in [3.8, 4) is 0 Å². The van der Waals surface area contributed by atoms with Gasteiger partial charge in [0, 0.05) is 6.04 Å². The summed E-state index contributed by atoms with van der Waals surface area (Å²) >= 11 is 1.04. The van der Waals surface area contributed by atoms with Crippen LogP contribution in [-0.4, -0.2) is 21.5 Å². The van der Waals surface area contributed by atoms with Crippen LogP contribution in [0.5, 0.6) is 0 Å². The van der Waals surface area contributed by atoms with E-state index in [1.54, 1.807) is 12.3 Å². The third-order valence-electron chi connectivity index (χ3n) is 2.92. The first-order chi connectivity index (χ1) is 9.95. The van der Waals surface area contributed by atoms with E-state index < -0.39 is 22.0 Å². The van der Waals surface area contributed by atoms with Crippen LogP contribution in [0.3, 0.4) is 0 Å². The van der Waals surface area contributed by atoms with Gasteiger partial charge in [-0.15, -0.1) is 11.3 Å². The van der Waals surface area contributed by atoms with Gasteiger partial charge in [-0.2, -0.15) is 0 Å². The molecule has 0 aliphatic heterocycles. The highest BCUT2D eigenvalue weighted by Crippen LogP contribution is 2.24. The van der Waals surface area contributed by atoms with Crippen LogP contribution in [0, 0.1) is 0 Å². The fourth-order valence-corrected chi connectivity index (χ4v) is 4.42. The number of nitrogens with one attached hydrogen (secondary N) is 1. The third-order valence-corrected chi connectivity index (χ3v) is 5.53. The zero-order chi connectivity index (χ0) is 15.5. The summed E-state index contributed by atoms with van der Waals surface area (Å²) < 4.78 is 32.0. The molecular formula is C14H15NO4S2. The second kappa shape index (κ2) is 6.38. The van der Waals surface area contributed by atoms with Crippen LogP contribution in [-0.2, 0) is 14.8 Å². The second-order valence-corrected chi connectivity index (χ2v) is 6.96. The van der Waals surface area contributed by atoms with Crippen LogP contribution < -0.4 is 4.72 Å². The standard InChI is InChI=1S/C14H15NO4S2/c1-10(11-6-4-3-5-7-11)15-21(17,18)12-8-9-20-13(12)14(16)19-2/h3-10,15H,1-2H3. The Kier molecular flexibility index (Phi) is 4.76. The molecular weight excluding hydrogens is 310 g/mol. The molecule has 1 atom stereocenters. The number of methoxy groups -OCH3 is 1. The summed E-state index contributed by atoms with van der Waals surface area (Å²) in [5.74, 6) is -0.655. The molecule has 1 aromatic heterocycles. The van der Waals surface area contributed by atoms with Crippen molar-refractivity contribution in [3.05, 3.63) is 52.2 Å². The lowest BCUT2D eigenvalue weighted by atomic mass is 10.1. The molecule has 0 amide bonds. The molecule has 0 aliphatic rings. The number of esters is 1. The molecule has 0 saturated carbocycles. The van der Waals surface area contributed by atoms with Gasteiger partial charge < -0.3 is 4.74 Å². The van der Waals surface area contributed by atoms with Crippen LogP contribution in [0.15, 0.2) is 46.7 Å². The molecule has 21 heavy (non-hydrogen) atoms. The molecule has 0 bridgehead atoms. The average Bonchev–Trinajstić information content (AvgIpc) is 2.97. The van der Waals surface area contributed by atoms with E-state index in [9.17, 15) is 13.2 Å². The molecule has 0 spiro atoms. The van der Waals surface area contributed by atoms with E-state index in [-0.39, 0.29) is 9.77 Å². The van der Waals surface area contributed by atoms with Gasteiger partial charge in [0.15, 0.2) is 0 Å². The highest BCUT2D eigenvalue weighted by atomic mass is 32.2. The fourth-order valence-electron chi connectivity index (χ4n) is 1.86. The lowest BCUT2D eigenvalue weighted by Gasteiger charge is -2.14. The number of hydrogen-bond acceptors (Lipinski definition) is 5. The maximum atomic E-state index is 12.4. The normalized spacial score (nSPS) is 12.9. The van der Waals surface area contributed by atoms with Crippen LogP contribution >= 0.6 is 11.3 Å². The number of ether oxygens (including phenoxy) is 1. The van der Waals surface area contributed by atoms with E-state index in [2.05, 4.69) is 9.46 Å². The quantitative estimate of drug-likeness (QED) is 0.858. The Balaban J connectivity index is 2.27. The predicted octanol–water partition coefficient (Wildman–Crippen LogP) is 2.57. The maximum Gasteiger partial charge on any atom is 0.349 e. The predicted molar refractivity (Wildman–Crippen MR) is 80.8 cm³/mol. The number of hydrogen-bond donors (Lipinski definition) is 1. The molecule has 1 unspecified atom stereocenters. The topological polar surface area (TPSA) is 72.5 Å². The number of carbonyl (C=O) groups excluding carboxylic acids is 1. The fraction of sp³-hybridized carbons (Fsp3) is 0.214. The van der Waals surface area contributed by atoms with Crippen molar-refractivity contribution in [3.63, 3.8) is 0 Å². The summed E-state index contributed by atoms with van der Waals surface area (Å²) in [5, 5.41) is 1.55. The van der Waals surface area contributed by atoms with Gasteiger partial charge in [0.05, 0.1) is 7.11 Å². The van der Waals surface area contributed by atoms with Crippen molar-refractivity contribution in [2.45, 2.75) is 17.9 Å². The van der Waals surface area contributed by atoms with Gasteiger partial charge in [-0.3, -0.25) is 0 Å². The van der Waals surface area contributed by atoms with Gasteiger partial charge in [0.1, 0.15) is 9.77 Å². The third kappa shape index (κ3) is 3.49. The van der Waals surface area contributed by atoms with Crippen molar-refractivity contribution in [1.82, 2.24) is 4.72 Å². The smallest absolute Gasteiger partial charge is 0.349 e. The number of benzene rings is 1. The summed E-state index contributed by atoms with van der Waals surface area (Å²) in [6.45, 7) is 1.75. The summed E-state index contributed by atoms with van der Waals surface area (Å²) in [5.41, 5.74) is 0.843. The van der Waals surface area contributed by atoms with Crippen molar-refractivity contribution in [1.29, 1.82) is 0 Å².